The molecule has 1 fully saturated rings. The molecular formula is C12H15BrClFN2O. The maximum absolute atomic E-state index is 13.1. The molecule has 1 aliphatic rings. The molecule has 1 aromatic rings. The summed E-state index contributed by atoms with van der Waals surface area (Å²) in [6.45, 7) is 1.77. The van der Waals surface area contributed by atoms with E-state index in [9.17, 15) is 9.18 Å². The molecule has 2 rings (SSSR count). The molecule has 0 saturated carbocycles. The fraction of sp³-hybridized carbons (Fsp3) is 0.417. The number of nitrogens with one attached hydrogen (secondary N) is 2. The molecule has 3 nitrogen and oxygen atoms in total. The van der Waals surface area contributed by atoms with Gasteiger partial charge in [-0.15, -0.1) is 12.4 Å². The maximum Gasteiger partial charge on any atom is 0.252 e. The van der Waals surface area contributed by atoms with Gasteiger partial charge in [0, 0.05) is 17.1 Å². The number of carbonyl (C=O) groups is 1. The van der Waals surface area contributed by atoms with Gasteiger partial charge in [-0.1, -0.05) is 0 Å². The zero-order valence-corrected chi connectivity index (χ0v) is 12.1. The van der Waals surface area contributed by atoms with Crippen LogP contribution in [0.4, 0.5) is 4.39 Å². The average Bonchev–Trinajstić information content (AvgIpc) is 2.33. The minimum atomic E-state index is -0.403. The highest BCUT2D eigenvalue weighted by Crippen LogP contribution is 2.18. The largest absolute Gasteiger partial charge is 0.348 e. The Bertz CT molecular complexity index is 425. The van der Waals surface area contributed by atoms with Gasteiger partial charge < -0.3 is 10.6 Å². The minimum absolute atomic E-state index is 0. The van der Waals surface area contributed by atoms with Crippen molar-refractivity contribution in [1.82, 2.24) is 10.6 Å². The van der Waals surface area contributed by atoms with Crippen LogP contribution in [0.2, 0.25) is 0 Å². The third-order valence-electron chi connectivity index (χ3n) is 2.81. The van der Waals surface area contributed by atoms with Gasteiger partial charge in [0.2, 0.25) is 0 Å². The highest BCUT2D eigenvalue weighted by atomic mass is 79.9. The lowest BCUT2D eigenvalue weighted by Gasteiger charge is -2.24. The second-order valence-electron chi connectivity index (χ2n) is 4.14. The molecule has 0 aliphatic carbocycles. The Labute approximate surface area is 120 Å². The van der Waals surface area contributed by atoms with Crippen LogP contribution < -0.4 is 10.6 Å². The second-order valence-corrected chi connectivity index (χ2v) is 5.00. The van der Waals surface area contributed by atoms with Crippen LogP contribution >= 0.6 is 28.3 Å². The second kappa shape index (κ2) is 7.07. The van der Waals surface area contributed by atoms with E-state index in [-0.39, 0.29) is 24.4 Å². The number of rotatable bonds is 2. The van der Waals surface area contributed by atoms with Crippen molar-refractivity contribution < 1.29 is 9.18 Å². The van der Waals surface area contributed by atoms with Gasteiger partial charge in [-0.05, 0) is 53.5 Å². The Hall–Kier alpha value is -0.650. The Kier molecular flexibility index (Phi) is 6.05. The molecule has 6 heteroatoms. The first-order valence-corrected chi connectivity index (χ1v) is 6.43. The van der Waals surface area contributed by atoms with E-state index in [4.69, 9.17) is 0 Å². The summed E-state index contributed by atoms with van der Waals surface area (Å²) in [5.41, 5.74) is 0.343. The molecule has 1 amide bonds. The molecule has 1 aliphatic heterocycles. The van der Waals surface area contributed by atoms with Gasteiger partial charge in [0.05, 0.1) is 5.56 Å². The highest BCUT2D eigenvalue weighted by molar-refractivity contribution is 9.10. The predicted octanol–water partition coefficient (Wildman–Crippen LogP) is 2.49. The first-order valence-electron chi connectivity index (χ1n) is 5.63. The van der Waals surface area contributed by atoms with Gasteiger partial charge in [-0.25, -0.2) is 4.39 Å². The summed E-state index contributed by atoms with van der Waals surface area (Å²) in [6, 6.07) is 4.24. The van der Waals surface area contributed by atoms with Crippen molar-refractivity contribution in [3.8, 4) is 0 Å². The lowest BCUT2D eigenvalue weighted by Crippen LogP contribution is -2.45. The Morgan fingerprint density at radius 3 is 2.94 bits per heavy atom. The Morgan fingerprint density at radius 2 is 2.28 bits per heavy atom. The number of hydrogen-bond donors (Lipinski definition) is 2. The molecule has 0 unspecified atom stereocenters. The molecular weight excluding hydrogens is 322 g/mol. The van der Waals surface area contributed by atoms with Crippen LogP contribution in [0, 0.1) is 5.82 Å². The van der Waals surface area contributed by atoms with E-state index < -0.39 is 5.82 Å². The van der Waals surface area contributed by atoms with E-state index in [0.717, 1.165) is 25.9 Å². The van der Waals surface area contributed by atoms with E-state index in [0.29, 0.717) is 10.0 Å². The fourth-order valence-electron chi connectivity index (χ4n) is 1.91. The number of amides is 1. The molecule has 2 N–H and O–H groups in total. The lowest BCUT2D eigenvalue weighted by molar-refractivity contribution is 0.0929. The van der Waals surface area contributed by atoms with E-state index in [1.165, 1.54) is 12.1 Å². The maximum atomic E-state index is 13.1. The van der Waals surface area contributed by atoms with Crippen molar-refractivity contribution in [2.75, 3.05) is 13.1 Å². The molecule has 1 atom stereocenters. The van der Waals surface area contributed by atoms with Crippen LogP contribution in [0.1, 0.15) is 23.2 Å². The van der Waals surface area contributed by atoms with Crippen LogP contribution in [0.25, 0.3) is 0 Å². The zero-order chi connectivity index (χ0) is 12.3. The van der Waals surface area contributed by atoms with Crippen LogP contribution in [-0.2, 0) is 0 Å². The Morgan fingerprint density at radius 1 is 1.50 bits per heavy atom. The van der Waals surface area contributed by atoms with Crippen molar-refractivity contribution in [3.63, 3.8) is 0 Å². The molecule has 1 saturated heterocycles. The van der Waals surface area contributed by atoms with Crippen molar-refractivity contribution in [2.24, 2.45) is 0 Å². The van der Waals surface area contributed by atoms with E-state index >= 15 is 0 Å². The van der Waals surface area contributed by atoms with Crippen molar-refractivity contribution >= 4 is 34.2 Å². The topological polar surface area (TPSA) is 41.1 Å². The van der Waals surface area contributed by atoms with Gasteiger partial charge in [-0.3, -0.25) is 4.79 Å². The SMILES string of the molecule is Cl.O=C(N[C@@H]1CCCNC1)c1cc(F)ccc1Br. The number of halogens is 3. The molecule has 18 heavy (non-hydrogen) atoms. The summed E-state index contributed by atoms with van der Waals surface area (Å²) < 4.78 is 13.7. The molecule has 0 bridgehead atoms. The summed E-state index contributed by atoms with van der Waals surface area (Å²) in [5, 5.41) is 6.12. The minimum Gasteiger partial charge on any atom is -0.348 e. The number of piperidine rings is 1. The van der Waals surface area contributed by atoms with Crippen molar-refractivity contribution in [3.05, 3.63) is 34.1 Å². The van der Waals surface area contributed by atoms with Gasteiger partial charge in [-0.2, -0.15) is 0 Å². The molecule has 0 aromatic heterocycles. The normalized spacial score (nSPS) is 18.9. The monoisotopic (exact) mass is 336 g/mol. The van der Waals surface area contributed by atoms with Gasteiger partial charge in [0.1, 0.15) is 5.82 Å². The van der Waals surface area contributed by atoms with Gasteiger partial charge in [0.25, 0.3) is 5.91 Å². The summed E-state index contributed by atoms with van der Waals surface area (Å²) >= 11 is 3.25. The van der Waals surface area contributed by atoms with Crippen LogP contribution in [0.3, 0.4) is 0 Å². The molecule has 100 valence electrons. The zero-order valence-electron chi connectivity index (χ0n) is 9.71. The van der Waals surface area contributed by atoms with E-state index in [1.807, 2.05) is 0 Å². The highest BCUT2D eigenvalue weighted by Gasteiger charge is 2.18. The average molecular weight is 338 g/mol. The standard InChI is InChI=1S/C12H14BrFN2O.ClH/c13-11-4-3-8(14)6-10(11)12(17)16-9-2-1-5-15-7-9;/h3-4,6,9,15H,1-2,5,7H2,(H,16,17);1H/t9-;/m1./s1. The van der Waals surface area contributed by atoms with Gasteiger partial charge in [0.15, 0.2) is 0 Å². The van der Waals surface area contributed by atoms with E-state index in [1.54, 1.807) is 6.07 Å². The van der Waals surface area contributed by atoms with Crippen LogP contribution in [-0.4, -0.2) is 25.0 Å². The third kappa shape index (κ3) is 3.93. The van der Waals surface area contributed by atoms with Crippen molar-refractivity contribution in [1.29, 1.82) is 0 Å². The summed E-state index contributed by atoms with van der Waals surface area (Å²) in [5.74, 6) is -0.634. The first kappa shape index (κ1) is 15.4. The number of hydrogen-bond acceptors (Lipinski definition) is 2. The van der Waals surface area contributed by atoms with Crippen LogP contribution in [0.5, 0.6) is 0 Å². The lowest BCUT2D eigenvalue weighted by atomic mass is 10.1. The van der Waals surface area contributed by atoms with Gasteiger partial charge >= 0.3 is 0 Å². The molecule has 0 radical (unpaired) electrons. The number of benzene rings is 1. The molecule has 1 heterocycles. The Balaban J connectivity index is 0.00000162. The van der Waals surface area contributed by atoms with E-state index in [2.05, 4.69) is 26.6 Å². The smallest absolute Gasteiger partial charge is 0.252 e. The molecule has 1 aromatic carbocycles. The summed E-state index contributed by atoms with van der Waals surface area (Å²) in [4.78, 5) is 12.0. The number of carbonyl (C=O) groups excluding carboxylic acids is 1. The quantitative estimate of drug-likeness (QED) is 0.870. The summed E-state index contributed by atoms with van der Waals surface area (Å²) in [6.07, 6.45) is 2.01. The van der Waals surface area contributed by atoms with Crippen molar-refractivity contribution in [2.45, 2.75) is 18.9 Å². The third-order valence-corrected chi connectivity index (χ3v) is 3.50. The fourth-order valence-corrected chi connectivity index (χ4v) is 2.34. The molecule has 0 spiro atoms. The predicted molar refractivity (Wildman–Crippen MR) is 74.7 cm³/mol. The summed E-state index contributed by atoms with van der Waals surface area (Å²) in [7, 11) is 0. The first-order chi connectivity index (χ1) is 8.16. The van der Waals surface area contributed by atoms with Crippen LogP contribution in [0.15, 0.2) is 22.7 Å².